The minimum atomic E-state index is -0.0122. The van der Waals surface area contributed by atoms with Gasteiger partial charge in [-0.05, 0) is 47.1 Å². The molecule has 1 saturated heterocycles. The van der Waals surface area contributed by atoms with Crippen LogP contribution in [0, 0.1) is 5.41 Å². The SMILES string of the molecule is COc1ccc(-c2cccc(C[C@H]3COCCN3c3nc4c(s3)C(=O)CC(C)(C)C4)c2)cc1. The van der Waals surface area contributed by atoms with E-state index in [-0.39, 0.29) is 17.2 Å². The van der Waals surface area contributed by atoms with Gasteiger partial charge in [0.05, 0.1) is 36.9 Å². The number of carbonyl (C=O) groups excluding carboxylic acids is 1. The number of ketones is 1. The van der Waals surface area contributed by atoms with Gasteiger partial charge in [0, 0.05) is 13.0 Å². The predicted molar refractivity (Wildman–Crippen MR) is 133 cm³/mol. The standard InChI is InChI=1S/C27H30N2O3S/c1-27(2)15-23-25(24(30)16-27)33-26(28-23)29-11-12-32-17-21(29)14-18-5-4-6-20(13-18)19-7-9-22(31-3)10-8-19/h4-10,13,21H,11-12,14-17H2,1-3H3/t21-/m0/s1. The van der Waals surface area contributed by atoms with Gasteiger partial charge in [-0.1, -0.05) is 61.6 Å². The van der Waals surface area contributed by atoms with Crippen LogP contribution in [0.2, 0.25) is 0 Å². The minimum Gasteiger partial charge on any atom is -0.497 e. The first kappa shape index (κ1) is 22.1. The molecule has 0 bridgehead atoms. The quantitative estimate of drug-likeness (QED) is 0.507. The number of carbonyl (C=O) groups is 1. The normalized spacial score (nSPS) is 19.9. The maximum atomic E-state index is 12.7. The Morgan fingerprint density at radius 3 is 2.76 bits per heavy atom. The molecule has 33 heavy (non-hydrogen) atoms. The lowest BCUT2D eigenvalue weighted by atomic mass is 9.78. The monoisotopic (exact) mass is 462 g/mol. The highest BCUT2D eigenvalue weighted by Gasteiger charge is 2.36. The van der Waals surface area contributed by atoms with E-state index in [9.17, 15) is 4.79 Å². The number of nitrogens with zero attached hydrogens (tertiary/aromatic N) is 2. The Labute approximate surface area is 199 Å². The zero-order valence-corrected chi connectivity index (χ0v) is 20.3. The first-order valence-corrected chi connectivity index (χ1v) is 12.3. The summed E-state index contributed by atoms with van der Waals surface area (Å²) in [5.74, 6) is 1.10. The summed E-state index contributed by atoms with van der Waals surface area (Å²) in [6.07, 6.45) is 2.34. The molecule has 6 heteroatoms. The van der Waals surface area contributed by atoms with Crippen LogP contribution in [-0.4, -0.2) is 43.7 Å². The molecule has 0 amide bonds. The van der Waals surface area contributed by atoms with Crippen molar-refractivity contribution >= 4 is 22.3 Å². The van der Waals surface area contributed by atoms with Crippen molar-refractivity contribution < 1.29 is 14.3 Å². The molecule has 1 fully saturated rings. The second-order valence-electron chi connectivity index (χ2n) is 9.77. The fourth-order valence-electron chi connectivity index (χ4n) is 4.84. The van der Waals surface area contributed by atoms with Gasteiger partial charge in [-0.15, -0.1) is 0 Å². The Morgan fingerprint density at radius 2 is 1.97 bits per heavy atom. The van der Waals surface area contributed by atoms with Crippen molar-refractivity contribution in [2.75, 3.05) is 31.8 Å². The topological polar surface area (TPSA) is 51.7 Å². The van der Waals surface area contributed by atoms with Crippen LogP contribution in [0.25, 0.3) is 11.1 Å². The number of anilines is 1. The molecule has 1 atom stereocenters. The first-order valence-electron chi connectivity index (χ1n) is 11.5. The van der Waals surface area contributed by atoms with Crippen molar-refractivity contribution in [1.29, 1.82) is 0 Å². The van der Waals surface area contributed by atoms with Crippen molar-refractivity contribution in [3.63, 3.8) is 0 Å². The molecule has 5 nitrogen and oxygen atoms in total. The van der Waals surface area contributed by atoms with Gasteiger partial charge in [-0.3, -0.25) is 4.79 Å². The highest BCUT2D eigenvalue weighted by atomic mass is 32.1. The van der Waals surface area contributed by atoms with Gasteiger partial charge >= 0.3 is 0 Å². The van der Waals surface area contributed by atoms with Crippen LogP contribution in [-0.2, 0) is 17.6 Å². The number of thiazole rings is 1. The maximum absolute atomic E-state index is 12.7. The summed E-state index contributed by atoms with van der Waals surface area (Å²) in [4.78, 5) is 20.9. The van der Waals surface area contributed by atoms with Crippen LogP contribution >= 0.6 is 11.3 Å². The number of Topliss-reactive ketones (excluding diaryl/α,β-unsaturated/α-hetero) is 1. The van der Waals surface area contributed by atoms with Gasteiger partial charge in [0.2, 0.25) is 0 Å². The molecule has 5 rings (SSSR count). The van der Waals surface area contributed by atoms with Crippen molar-refractivity contribution in [1.82, 2.24) is 4.98 Å². The van der Waals surface area contributed by atoms with Crippen LogP contribution in [0.3, 0.4) is 0 Å². The number of hydrogen-bond donors (Lipinski definition) is 0. The zero-order valence-electron chi connectivity index (χ0n) is 19.5. The van der Waals surface area contributed by atoms with Gasteiger partial charge in [0.1, 0.15) is 5.75 Å². The van der Waals surface area contributed by atoms with E-state index in [4.69, 9.17) is 14.5 Å². The van der Waals surface area contributed by atoms with Crippen molar-refractivity contribution in [3.05, 3.63) is 64.7 Å². The number of hydrogen-bond acceptors (Lipinski definition) is 6. The molecule has 0 unspecified atom stereocenters. The Balaban J connectivity index is 1.38. The van der Waals surface area contributed by atoms with E-state index in [1.165, 1.54) is 16.7 Å². The second kappa shape index (κ2) is 8.92. The highest BCUT2D eigenvalue weighted by molar-refractivity contribution is 7.17. The largest absolute Gasteiger partial charge is 0.497 e. The average Bonchev–Trinajstić information content (AvgIpc) is 3.23. The number of morpholine rings is 1. The Kier molecular flexibility index (Phi) is 5.97. The van der Waals surface area contributed by atoms with Crippen LogP contribution in [0.1, 0.15) is 41.2 Å². The lowest BCUT2D eigenvalue weighted by Crippen LogP contribution is -2.46. The molecule has 3 aromatic rings. The van der Waals surface area contributed by atoms with Gasteiger partial charge in [0.25, 0.3) is 0 Å². The van der Waals surface area contributed by atoms with Crippen molar-refractivity contribution in [2.45, 2.75) is 39.2 Å². The smallest absolute Gasteiger partial charge is 0.186 e. The number of ether oxygens (including phenoxy) is 2. The summed E-state index contributed by atoms with van der Waals surface area (Å²) in [6.45, 7) is 6.45. The lowest BCUT2D eigenvalue weighted by Gasteiger charge is -2.35. The molecule has 2 heterocycles. The molecule has 2 aliphatic rings. The lowest BCUT2D eigenvalue weighted by molar-refractivity contribution is 0.0915. The van der Waals surface area contributed by atoms with E-state index in [0.29, 0.717) is 19.6 Å². The third-order valence-corrected chi connectivity index (χ3v) is 7.70. The van der Waals surface area contributed by atoms with Crippen molar-refractivity contribution in [3.8, 4) is 16.9 Å². The number of methoxy groups -OCH3 is 1. The fraction of sp³-hybridized carbons (Fsp3) is 0.407. The number of aromatic nitrogens is 1. The number of benzene rings is 2. The molecular formula is C27H30N2O3S. The zero-order chi connectivity index (χ0) is 23.0. The van der Waals surface area contributed by atoms with E-state index < -0.39 is 0 Å². The molecule has 2 aromatic carbocycles. The van der Waals surface area contributed by atoms with Crippen LogP contribution in [0.5, 0.6) is 5.75 Å². The van der Waals surface area contributed by atoms with Gasteiger partial charge in [-0.2, -0.15) is 0 Å². The Bertz CT molecular complexity index is 1150. The molecular weight excluding hydrogens is 432 g/mol. The molecule has 1 aliphatic carbocycles. The summed E-state index contributed by atoms with van der Waals surface area (Å²) < 4.78 is 11.1. The summed E-state index contributed by atoms with van der Waals surface area (Å²) in [5.41, 5.74) is 4.59. The molecule has 172 valence electrons. The molecule has 1 aliphatic heterocycles. The second-order valence-corrected chi connectivity index (χ2v) is 10.7. The van der Waals surface area contributed by atoms with E-state index >= 15 is 0 Å². The fourth-order valence-corrected chi connectivity index (χ4v) is 5.96. The molecule has 0 spiro atoms. The van der Waals surface area contributed by atoms with E-state index in [0.717, 1.165) is 40.8 Å². The van der Waals surface area contributed by atoms with Gasteiger partial charge < -0.3 is 14.4 Å². The number of rotatable bonds is 5. The number of fused-ring (bicyclic) bond motifs is 1. The maximum Gasteiger partial charge on any atom is 0.186 e. The third-order valence-electron chi connectivity index (χ3n) is 6.52. The highest BCUT2D eigenvalue weighted by Crippen LogP contribution is 2.40. The molecule has 1 aromatic heterocycles. The van der Waals surface area contributed by atoms with Crippen LogP contribution in [0.4, 0.5) is 5.13 Å². The first-order chi connectivity index (χ1) is 15.9. The molecule has 0 saturated carbocycles. The Morgan fingerprint density at radius 1 is 1.15 bits per heavy atom. The average molecular weight is 463 g/mol. The van der Waals surface area contributed by atoms with E-state index in [2.05, 4.69) is 55.1 Å². The van der Waals surface area contributed by atoms with Crippen molar-refractivity contribution in [2.24, 2.45) is 5.41 Å². The predicted octanol–water partition coefficient (Wildman–Crippen LogP) is 5.42. The van der Waals surface area contributed by atoms with E-state index in [1.54, 1.807) is 18.4 Å². The van der Waals surface area contributed by atoms with Gasteiger partial charge in [-0.25, -0.2) is 4.98 Å². The summed E-state index contributed by atoms with van der Waals surface area (Å²) in [6, 6.07) is 17.1. The Hall–Kier alpha value is -2.70. The molecule has 0 radical (unpaired) electrons. The third kappa shape index (κ3) is 4.68. The summed E-state index contributed by atoms with van der Waals surface area (Å²) in [5, 5.41) is 0.964. The molecule has 0 N–H and O–H groups in total. The summed E-state index contributed by atoms with van der Waals surface area (Å²) >= 11 is 1.57. The van der Waals surface area contributed by atoms with Crippen LogP contribution < -0.4 is 9.64 Å². The van der Waals surface area contributed by atoms with Gasteiger partial charge in [0.15, 0.2) is 10.9 Å². The van der Waals surface area contributed by atoms with E-state index in [1.807, 2.05) is 12.1 Å². The minimum absolute atomic E-state index is 0.0122. The van der Waals surface area contributed by atoms with Crippen LogP contribution in [0.15, 0.2) is 48.5 Å². The summed E-state index contributed by atoms with van der Waals surface area (Å²) in [7, 11) is 1.68.